The Morgan fingerprint density at radius 2 is 2.33 bits per heavy atom. The van der Waals surface area contributed by atoms with E-state index >= 15 is 0 Å². The monoisotopic (exact) mass is 290 g/mol. The summed E-state index contributed by atoms with van der Waals surface area (Å²) in [6, 6.07) is 5.58. The van der Waals surface area contributed by atoms with E-state index in [-0.39, 0.29) is 16.9 Å². The summed E-state index contributed by atoms with van der Waals surface area (Å²) in [5.74, 6) is -0.641. The Labute approximate surface area is 120 Å². The Balaban J connectivity index is 2.06. The number of hydrogen-bond donors (Lipinski definition) is 1. The lowest BCUT2D eigenvalue weighted by molar-refractivity contribution is -0.383. The van der Waals surface area contributed by atoms with Gasteiger partial charge in [-0.25, -0.2) is 4.79 Å². The number of carbonyl (C=O) groups excluding carboxylic acids is 1. The SMILES string of the molecule is CC(Cn1cccn1)OC(=O)c1ccc(N)c([N+](=O)[O-])c1. The Kier molecular flexibility index (Phi) is 4.17. The smallest absolute Gasteiger partial charge is 0.338 e. The number of benzene rings is 1. The van der Waals surface area contributed by atoms with Crippen LogP contribution in [-0.2, 0) is 11.3 Å². The molecular weight excluding hydrogens is 276 g/mol. The second-order valence-corrected chi connectivity index (χ2v) is 4.47. The molecule has 8 heteroatoms. The van der Waals surface area contributed by atoms with E-state index in [2.05, 4.69) is 5.10 Å². The molecule has 0 spiro atoms. The summed E-state index contributed by atoms with van der Waals surface area (Å²) in [5.41, 5.74) is 5.25. The second kappa shape index (κ2) is 6.04. The van der Waals surface area contributed by atoms with Crippen molar-refractivity contribution in [2.45, 2.75) is 19.6 Å². The number of aromatic nitrogens is 2. The zero-order valence-electron chi connectivity index (χ0n) is 11.3. The van der Waals surface area contributed by atoms with Gasteiger partial charge in [0.1, 0.15) is 11.8 Å². The van der Waals surface area contributed by atoms with Crippen molar-refractivity contribution in [3.05, 3.63) is 52.3 Å². The molecule has 2 aromatic rings. The fourth-order valence-electron chi connectivity index (χ4n) is 1.79. The van der Waals surface area contributed by atoms with Crippen LogP contribution in [0.5, 0.6) is 0 Å². The van der Waals surface area contributed by atoms with Crippen molar-refractivity contribution in [3.63, 3.8) is 0 Å². The van der Waals surface area contributed by atoms with Crippen LogP contribution in [0, 0.1) is 10.1 Å². The minimum Gasteiger partial charge on any atom is -0.457 e. The number of anilines is 1. The van der Waals surface area contributed by atoms with Gasteiger partial charge in [0.25, 0.3) is 5.69 Å². The van der Waals surface area contributed by atoms with Crippen LogP contribution in [0.3, 0.4) is 0 Å². The molecule has 0 aliphatic rings. The van der Waals surface area contributed by atoms with Crippen LogP contribution < -0.4 is 5.73 Å². The maximum atomic E-state index is 12.0. The Hall–Kier alpha value is -2.90. The van der Waals surface area contributed by atoms with Crippen LogP contribution in [-0.4, -0.2) is 26.8 Å². The zero-order valence-corrected chi connectivity index (χ0v) is 11.3. The molecule has 1 atom stereocenters. The molecule has 0 fully saturated rings. The lowest BCUT2D eigenvalue weighted by Gasteiger charge is -2.13. The van der Waals surface area contributed by atoms with Crippen molar-refractivity contribution in [2.24, 2.45) is 0 Å². The molecule has 2 N–H and O–H groups in total. The van der Waals surface area contributed by atoms with Gasteiger partial charge < -0.3 is 10.5 Å². The second-order valence-electron chi connectivity index (χ2n) is 4.47. The van der Waals surface area contributed by atoms with E-state index in [1.807, 2.05) is 0 Å². The third kappa shape index (κ3) is 3.56. The van der Waals surface area contributed by atoms with Crippen LogP contribution in [0.15, 0.2) is 36.7 Å². The normalized spacial score (nSPS) is 11.9. The van der Waals surface area contributed by atoms with Crippen LogP contribution in [0.2, 0.25) is 0 Å². The molecule has 0 radical (unpaired) electrons. The average Bonchev–Trinajstić information content (AvgIpc) is 2.91. The zero-order chi connectivity index (χ0) is 15.4. The van der Waals surface area contributed by atoms with Crippen LogP contribution >= 0.6 is 0 Å². The fraction of sp³-hybridized carbons (Fsp3) is 0.231. The van der Waals surface area contributed by atoms with E-state index < -0.39 is 17.0 Å². The summed E-state index contributed by atoms with van der Waals surface area (Å²) in [6.45, 7) is 2.11. The molecule has 1 unspecified atom stereocenters. The molecule has 1 heterocycles. The number of carbonyl (C=O) groups is 1. The molecule has 1 aromatic heterocycles. The highest BCUT2D eigenvalue weighted by Gasteiger charge is 2.18. The number of nitro groups is 1. The van der Waals surface area contributed by atoms with E-state index in [1.165, 1.54) is 12.1 Å². The number of ether oxygens (including phenoxy) is 1. The number of nitro benzene ring substituents is 1. The van der Waals surface area contributed by atoms with Gasteiger partial charge in [-0.1, -0.05) is 0 Å². The minimum absolute atomic E-state index is 0.00106. The van der Waals surface area contributed by atoms with Crippen molar-refractivity contribution in [2.75, 3.05) is 5.73 Å². The molecular formula is C13H14N4O4. The highest BCUT2D eigenvalue weighted by atomic mass is 16.6. The van der Waals surface area contributed by atoms with E-state index in [1.54, 1.807) is 30.1 Å². The van der Waals surface area contributed by atoms with Crippen LogP contribution in [0.25, 0.3) is 0 Å². The highest BCUT2D eigenvalue weighted by molar-refractivity contribution is 5.91. The highest BCUT2D eigenvalue weighted by Crippen LogP contribution is 2.22. The molecule has 110 valence electrons. The van der Waals surface area contributed by atoms with Crippen molar-refractivity contribution >= 4 is 17.3 Å². The summed E-state index contributed by atoms with van der Waals surface area (Å²) < 4.78 is 6.85. The fourth-order valence-corrected chi connectivity index (χ4v) is 1.79. The van der Waals surface area contributed by atoms with Gasteiger partial charge >= 0.3 is 5.97 Å². The standard InChI is InChI=1S/C13H14N4O4/c1-9(8-16-6-2-5-15-16)21-13(18)10-3-4-11(14)12(7-10)17(19)20/h2-7,9H,8,14H2,1H3. The predicted molar refractivity (Wildman–Crippen MR) is 74.6 cm³/mol. The first-order chi connectivity index (χ1) is 9.97. The third-order valence-corrected chi connectivity index (χ3v) is 2.77. The first-order valence-electron chi connectivity index (χ1n) is 6.19. The van der Waals surface area contributed by atoms with Gasteiger partial charge in [0.2, 0.25) is 0 Å². The Morgan fingerprint density at radius 3 is 2.95 bits per heavy atom. The summed E-state index contributed by atoms with van der Waals surface area (Å²) in [5, 5.41) is 14.8. The summed E-state index contributed by atoms with van der Waals surface area (Å²) in [4.78, 5) is 22.1. The van der Waals surface area contributed by atoms with Crippen molar-refractivity contribution in [1.82, 2.24) is 9.78 Å². The number of nitrogens with zero attached hydrogens (tertiary/aromatic N) is 3. The molecule has 0 aliphatic heterocycles. The number of nitrogens with two attached hydrogens (primary N) is 1. The number of rotatable bonds is 5. The molecule has 2 rings (SSSR count). The van der Waals surface area contributed by atoms with Gasteiger partial charge in [-0.3, -0.25) is 14.8 Å². The quantitative estimate of drug-likeness (QED) is 0.387. The maximum Gasteiger partial charge on any atom is 0.338 e. The minimum atomic E-state index is -0.641. The molecule has 0 saturated heterocycles. The lowest BCUT2D eigenvalue weighted by atomic mass is 10.2. The van der Waals surface area contributed by atoms with Gasteiger partial charge in [0.05, 0.1) is 17.0 Å². The summed E-state index contributed by atoms with van der Waals surface area (Å²) in [7, 11) is 0. The average molecular weight is 290 g/mol. The van der Waals surface area contributed by atoms with Gasteiger partial charge in [0, 0.05) is 18.5 Å². The summed E-state index contributed by atoms with van der Waals surface area (Å²) >= 11 is 0. The molecule has 21 heavy (non-hydrogen) atoms. The molecule has 8 nitrogen and oxygen atoms in total. The van der Waals surface area contributed by atoms with Crippen molar-refractivity contribution in [3.8, 4) is 0 Å². The van der Waals surface area contributed by atoms with E-state index in [0.717, 1.165) is 6.07 Å². The number of nitrogen functional groups attached to an aromatic ring is 1. The largest absolute Gasteiger partial charge is 0.457 e. The molecule has 0 bridgehead atoms. The van der Waals surface area contributed by atoms with E-state index in [0.29, 0.717) is 6.54 Å². The summed E-state index contributed by atoms with van der Waals surface area (Å²) in [6.07, 6.45) is 2.95. The molecule has 0 amide bonds. The first kappa shape index (κ1) is 14.5. The van der Waals surface area contributed by atoms with Crippen LogP contribution in [0.4, 0.5) is 11.4 Å². The maximum absolute atomic E-state index is 12.0. The molecule has 0 aliphatic carbocycles. The lowest BCUT2D eigenvalue weighted by Crippen LogP contribution is -2.21. The third-order valence-electron chi connectivity index (χ3n) is 2.77. The number of esters is 1. The topological polar surface area (TPSA) is 113 Å². The Morgan fingerprint density at radius 1 is 1.57 bits per heavy atom. The van der Waals surface area contributed by atoms with E-state index in [9.17, 15) is 14.9 Å². The molecule has 1 aromatic carbocycles. The van der Waals surface area contributed by atoms with Gasteiger partial charge in [-0.2, -0.15) is 5.10 Å². The van der Waals surface area contributed by atoms with E-state index in [4.69, 9.17) is 10.5 Å². The van der Waals surface area contributed by atoms with Crippen LogP contribution in [0.1, 0.15) is 17.3 Å². The van der Waals surface area contributed by atoms with Gasteiger partial charge in [-0.05, 0) is 25.1 Å². The van der Waals surface area contributed by atoms with Gasteiger partial charge in [0.15, 0.2) is 0 Å². The van der Waals surface area contributed by atoms with Crippen molar-refractivity contribution in [1.29, 1.82) is 0 Å². The van der Waals surface area contributed by atoms with Gasteiger partial charge in [-0.15, -0.1) is 0 Å². The first-order valence-corrected chi connectivity index (χ1v) is 6.19. The predicted octanol–water partition coefficient (Wildman–Crippen LogP) is 1.62. The molecule has 0 saturated carbocycles. The Bertz CT molecular complexity index is 654. The van der Waals surface area contributed by atoms with Crippen molar-refractivity contribution < 1.29 is 14.5 Å². The number of hydrogen-bond acceptors (Lipinski definition) is 6.